The fraction of sp³-hybridized carbons (Fsp3) is 0.684. The quantitative estimate of drug-likeness (QED) is 0.617. The molecule has 6 nitrogen and oxygen atoms in total. The molecule has 4 aliphatic rings. The van der Waals surface area contributed by atoms with Crippen molar-refractivity contribution in [3.05, 3.63) is 28.3 Å². The molecular weight excluding hydrogens is 352 g/mol. The van der Waals surface area contributed by atoms with Gasteiger partial charge in [-0.1, -0.05) is 0 Å². The number of rotatable bonds is 5. The Balaban J connectivity index is 1.62. The fourth-order valence-corrected chi connectivity index (χ4v) is 6.75. The Morgan fingerprint density at radius 3 is 2.15 bits per heavy atom. The molecule has 0 spiro atoms. The molecule has 0 heterocycles. The van der Waals surface area contributed by atoms with Crippen LogP contribution in [-0.4, -0.2) is 25.6 Å². The summed E-state index contributed by atoms with van der Waals surface area (Å²) in [5.41, 5.74) is 0.480. The number of nitrogens with zero attached hydrogens (tertiary/aromatic N) is 1. The molecule has 0 aromatic heterocycles. The number of sulfone groups is 1. The standard InChI is InChI=1S/C19H26N2O4S/c1-12(19-9-13-5-14(10-19)7-15(6-13)11-19)20-17-4-3-16(26(2,24)25)8-18(17)21(22)23/h3-4,8,12-15,20H,5-7,9-11H2,1-2H3/t12-,13?,14?,15?,19?/m1/s1. The smallest absolute Gasteiger partial charge is 0.293 e. The minimum Gasteiger partial charge on any atom is -0.376 e. The number of nitro groups is 1. The summed E-state index contributed by atoms with van der Waals surface area (Å²) in [7, 11) is -3.47. The lowest BCUT2D eigenvalue weighted by molar-refractivity contribution is -0.384. The normalized spacial score (nSPS) is 33.8. The number of hydrogen-bond donors (Lipinski definition) is 1. The number of nitro benzene ring substituents is 1. The topological polar surface area (TPSA) is 89.3 Å². The van der Waals surface area contributed by atoms with Gasteiger partial charge in [0.2, 0.25) is 0 Å². The predicted molar refractivity (Wildman–Crippen MR) is 99.9 cm³/mol. The van der Waals surface area contributed by atoms with Crippen molar-refractivity contribution in [3.63, 3.8) is 0 Å². The van der Waals surface area contributed by atoms with Gasteiger partial charge in [-0.15, -0.1) is 0 Å². The molecule has 1 N–H and O–H groups in total. The zero-order chi connectivity index (χ0) is 18.7. The maximum Gasteiger partial charge on any atom is 0.293 e. The highest BCUT2D eigenvalue weighted by Crippen LogP contribution is 2.61. The molecule has 142 valence electrons. The van der Waals surface area contributed by atoms with E-state index in [0.717, 1.165) is 24.0 Å². The van der Waals surface area contributed by atoms with Crippen molar-refractivity contribution < 1.29 is 13.3 Å². The van der Waals surface area contributed by atoms with Crippen molar-refractivity contribution in [1.29, 1.82) is 0 Å². The van der Waals surface area contributed by atoms with E-state index in [-0.39, 0.29) is 22.0 Å². The lowest BCUT2D eigenvalue weighted by Crippen LogP contribution is -2.52. The summed E-state index contributed by atoms with van der Waals surface area (Å²) < 4.78 is 23.5. The largest absolute Gasteiger partial charge is 0.376 e. The first-order valence-electron chi connectivity index (χ1n) is 9.41. The minimum absolute atomic E-state index is 0.0165. The average molecular weight is 378 g/mol. The van der Waals surface area contributed by atoms with Crippen LogP contribution in [0.1, 0.15) is 45.4 Å². The molecule has 4 fully saturated rings. The van der Waals surface area contributed by atoms with Gasteiger partial charge in [0, 0.05) is 18.4 Å². The number of benzene rings is 1. The molecule has 5 rings (SSSR count). The van der Waals surface area contributed by atoms with E-state index in [1.165, 1.54) is 50.7 Å². The van der Waals surface area contributed by atoms with Crippen LogP contribution >= 0.6 is 0 Å². The SMILES string of the molecule is C[C@@H](Nc1ccc(S(C)(=O)=O)cc1[N+](=O)[O-])C12CC3CC(CC(C3)C1)C2. The van der Waals surface area contributed by atoms with Crippen LogP contribution in [0.15, 0.2) is 23.1 Å². The predicted octanol–water partition coefficient (Wildman–Crippen LogP) is 4.02. The summed E-state index contributed by atoms with van der Waals surface area (Å²) in [5, 5.41) is 14.9. The van der Waals surface area contributed by atoms with Gasteiger partial charge in [-0.25, -0.2) is 8.42 Å². The van der Waals surface area contributed by atoms with Crippen molar-refractivity contribution in [2.24, 2.45) is 23.2 Å². The summed E-state index contributed by atoms with van der Waals surface area (Å²) >= 11 is 0. The number of anilines is 1. The van der Waals surface area contributed by atoms with E-state index >= 15 is 0 Å². The van der Waals surface area contributed by atoms with Gasteiger partial charge in [0.05, 0.1) is 9.82 Å². The van der Waals surface area contributed by atoms with Crippen LogP contribution in [0.2, 0.25) is 0 Å². The third-order valence-corrected chi connectivity index (χ3v) is 8.08. The monoisotopic (exact) mass is 378 g/mol. The highest BCUT2D eigenvalue weighted by molar-refractivity contribution is 7.90. The molecule has 26 heavy (non-hydrogen) atoms. The van der Waals surface area contributed by atoms with Crippen molar-refractivity contribution in [2.45, 2.75) is 56.4 Å². The van der Waals surface area contributed by atoms with Crippen LogP contribution in [0.4, 0.5) is 11.4 Å². The highest BCUT2D eigenvalue weighted by atomic mass is 32.2. The van der Waals surface area contributed by atoms with Gasteiger partial charge < -0.3 is 5.32 Å². The summed E-state index contributed by atoms with van der Waals surface area (Å²) in [6, 6.07) is 4.31. The molecule has 1 atom stereocenters. The van der Waals surface area contributed by atoms with Crippen LogP contribution in [0.25, 0.3) is 0 Å². The lowest BCUT2D eigenvalue weighted by Gasteiger charge is -2.59. The average Bonchev–Trinajstić information content (AvgIpc) is 2.52. The van der Waals surface area contributed by atoms with Crippen LogP contribution in [0.5, 0.6) is 0 Å². The zero-order valence-electron chi connectivity index (χ0n) is 15.3. The Morgan fingerprint density at radius 1 is 1.15 bits per heavy atom. The lowest BCUT2D eigenvalue weighted by atomic mass is 9.48. The van der Waals surface area contributed by atoms with E-state index in [4.69, 9.17) is 0 Å². The molecule has 0 aliphatic heterocycles. The number of hydrogen-bond acceptors (Lipinski definition) is 5. The van der Waals surface area contributed by atoms with Crippen LogP contribution in [0, 0.1) is 33.3 Å². The van der Waals surface area contributed by atoms with Gasteiger partial charge in [0.25, 0.3) is 5.69 Å². The molecule has 1 aromatic rings. The molecule has 4 aliphatic carbocycles. The molecule has 0 radical (unpaired) electrons. The third kappa shape index (κ3) is 3.00. The first kappa shape index (κ1) is 17.8. The van der Waals surface area contributed by atoms with Crippen molar-refractivity contribution in [3.8, 4) is 0 Å². The Labute approximate surface area is 154 Å². The Kier molecular flexibility index (Phi) is 4.06. The van der Waals surface area contributed by atoms with Gasteiger partial charge in [0.1, 0.15) is 5.69 Å². The van der Waals surface area contributed by atoms with Gasteiger partial charge in [-0.05, 0) is 80.8 Å². The third-order valence-electron chi connectivity index (χ3n) is 6.97. The van der Waals surface area contributed by atoms with E-state index in [1.807, 2.05) is 0 Å². The fourth-order valence-electron chi connectivity index (χ4n) is 6.11. The highest BCUT2D eigenvalue weighted by Gasteiger charge is 2.53. The maximum absolute atomic E-state index is 11.7. The van der Waals surface area contributed by atoms with Crippen molar-refractivity contribution >= 4 is 21.2 Å². The summed E-state index contributed by atoms with van der Waals surface area (Å²) in [6.07, 6.45) is 8.77. The van der Waals surface area contributed by atoms with Crippen LogP contribution in [0.3, 0.4) is 0 Å². The summed E-state index contributed by atoms with van der Waals surface area (Å²) in [6.45, 7) is 2.14. The van der Waals surface area contributed by atoms with Crippen molar-refractivity contribution in [2.75, 3.05) is 11.6 Å². The van der Waals surface area contributed by atoms with E-state index in [0.29, 0.717) is 5.69 Å². The molecule has 4 bridgehead atoms. The first-order chi connectivity index (χ1) is 12.2. The second-order valence-electron chi connectivity index (χ2n) is 8.85. The first-order valence-corrected chi connectivity index (χ1v) is 11.3. The van der Waals surface area contributed by atoms with Gasteiger partial charge in [-0.3, -0.25) is 10.1 Å². The van der Waals surface area contributed by atoms with E-state index < -0.39 is 14.8 Å². The Hall–Kier alpha value is -1.63. The molecule has 0 saturated heterocycles. The van der Waals surface area contributed by atoms with E-state index in [9.17, 15) is 18.5 Å². The molecular formula is C19H26N2O4S. The Morgan fingerprint density at radius 2 is 1.69 bits per heavy atom. The summed E-state index contributed by atoms with van der Waals surface area (Å²) in [4.78, 5) is 11.0. The van der Waals surface area contributed by atoms with Gasteiger partial charge in [0.15, 0.2) is 9.84 Å². The second-order valence-corrected chi connectivity index (χ2v) is 10.9. The molecule has 7 heteroatoms. The van der Waals surface area contributed by atoms with E-state index in [1.54, 1.807) is 6.07 Å². The van der Waals surface area contributed by atoms with Gasteiger partial charge in [-0.2, -0.15) is 0 Å². The van der Waals surface area contributed by atoms with E-state index in [2.05, 4.69) is 12.2 Å². The second kappa shape index (κ2) is 5.94. The molecule has 0 amide bonds. The minimum atomic E-state index is -3.47. The van der Waals surface area contributed by atoms with Crippen LogP contribution in [-0.2, 0) is 9.84 Å². The molecule has 1 aromatic carbocycles. The zero-order valence-corrected chi connectivity index (χ0v) is 16.1. The Bertz CT molecular complexity index is 814. The van der Waals surface area contributed by atoms with Crippen LogP contribution < -0.4 is 5.32 Å². The molecule has 4 saturated carbocycles. The molecule has 0 unspecified atom stereocenters. The van der Waals surface area contributed by atoms with Gasteiger partial charge >= 0.3 is 0 Å². The number of nitrogens with one attached hydrogen (secondary N) is 1. The maximum atomic E-state index is 11.7. The van der Waals surface area contributed by atoms with Crippen molar-refractivity contribution in [1.82, 2.24) is 0 Å². The summed E-state index contributed by atoms with van der Waals surface area (Å²) in [5.74, 6) is 2.44.